The Labute approximate surface area is 241 Å². The van der Waals surface area contributed by atoms with Gasteiger partial charge in [0.05, 0.1) is 19.4 Å². The van der Waals surface area contributed by atoms with E-state index in [4.69, 9.17) is 23.0 Å². The number of aliphatic hydroxyl groups is 1. The molecule has 5 atom stereocenters. The average molecular weight is 607 g/mol. The number of aromatic amines is 1. The van der Waals surface area contributed by atoms with E-state index in [0.29, 0.717) is 30.4 Å². The first-order valence-electron chi connectivity index (χ1n) is 15.3. The van der Waals surface area contributed by atoms with E-state index in [2.05, 4.69) is 6.92 Å². The maximum atomic E-state index is 13.7. The van der Waals surface area contributed by atoms with E-state index in [1.165, 1.54) is 77.0 Å². The first-order valence-corrected chi connectivity index (χ1v) is 16.8. The molecule has 3 rings (SSSR count). The van der Waals surface area contributed by atoms with Gasteiger partial charge in [0.25, 0.3) is 5.56 Å². The fourth-order valence-corrected chi connectivity index (χ4v) is 6.55. The van der Waals surface area contributed by atoms with Crippen LogP contribution in [0.3, 0.4) is 0 Å². The van der Waals surface area contributed by atoms with Crippen LogP contribution in [0, 0.1) is 5.82 Å². The lowest BCUT2D eigenvalue weighted by Gasteiger charge is -2.30. The summed E-state index contributed by atoms with van der Waals surface area (Å²) in [5.41, 5.74) is -2.15. The Morgan fingerprint density at radius 1 is 0.951 bits per heavy atom. The van der Waals surface area contributed by atoms with Gasteiger partial charge < -0.3 is 14.6 Å². The number of hydrogen-bond acceptors (Lipinski definition) is 9. The van der Waals surface area contributed by atoms with Crippen molar-refractivity contribution in [2.45, 2.75) is 128 Å². The van der Waals surface area contributed by atoms with Crippen molar-refractivity contribution in [3.05, 3.63) is 32.9 Å². The van der Waals surface area contributed by atoms with Gasteiger partial charge in [0.1, 0.15) is 18.3 Å². The zero-order valence-electron chi connectivity index (χ0n) is 24.3. The molecule has 0 radical (unpaired) electrons. The van der Waals surface area contributed by atoms with Crippen molar-refractivity contribution in [3.8, 4) is 0 Å². The first kappa shape index (κ1) is 34.1. The average Bonchev–Trinajstić information content (AvgIpc) is 3.26. The third kappa shape index (κ3) is 11.3. The topological polar surface area (TPSA) is 138 Å². The molecule has 2 fully saturated rings. The second-order valence-electron chi connectivity index (χ2n) is 10.9. The Hall–Kier alpha value is -1.40. The molecule has 1 aromatic heterocycles. The molecule has 0 bridgehead atoms. The van der Waals surface area contributed by atoms with Gasteiger partial charge in [-0.2, -0.15) is 4.39 Å². The van der Waals surface area contributed by atoms with Crippen molar-refractivity contribution in [2.75, 3.05) is 26.4 Å². The highest BCUT2D eigenvalue weighted by Gasteiger charge is 2.53. The highest BCUT2D eigenvalue weighted by Crippen LogP contribution is 2.56. The van der Waals surface area contributed by atoms with Crippen LogP contribution in [0.25, 0.3) is 0 Å². The Morgan fingerprint density at radius 2 is 1.54 bits per heavy atom. The number of aliphatic hydroxyl groups excluding tert-OH is 1. The van der Waals surface area contributed by atoms with Crippen molar-refractivity contribution in [1.82, 2.24) is 9.55 Å². The van der Waals surface area contributed by atoms with E-state index in [1.54, 1.807) is 4.98 Å². The number of hydrogen-bond donors (Lipinski definition) is 2. The smallest absolute Gasteiger partial charge is 0.386 e. The van der Waals surface area contributed by atoms with Gasteiger partial charge in [-0.1, -0.05) is 90.4 Å². The van der Waals surface area contributed by atoms with Gasteiger partial charge in [-0.3, -0.25) is 27.9 Å². The zero-order chi connectivity index (χ0) is 29.5. The molecule has 0 spiro atoms. The largest absolute Gasteiger partial charge is 0.475 e. The summed E-state index contributed by atoms with van der Waals surface area (Å²) in [7, 11) is -3.98. The minimum absolute atomic E-state index is 0.0678. The van der Waals surface area contributed by atoms with E-state index in [0.717, 1.165) is 12.8 Å². The van der Waals surface area contributed by atoms with Gasteiger partial charge in [-0.25, -0.2) is 9.36 Å². The number of fused-ring (bicyclic) bond motifs is 1. The molecule has 0 saturated carbocycles. The fourth-order valence-electron chi connectivity index (χ4n) is 5.11. The summed E-state index contributed by atoms with van der Waals surface area (Å²) in [6, 6.07) is 0. The lowest BCUT2D eigenvalue weighted by Crippen LogP contribution is -2.41. The fraction of sp³-hybridized carbons (Fsp3) is 0.857. The van der Waals surface area contributed by atoms with Gasteiger partial charge in [0.15, 0.2) is 6.23 Å². The molecule has 2 saturated heterocycles. The Bertz CT molecular complexity index is 1050. The predicted octanol–water partition coefficient (Wildman–Crippen LogP) is 5.36. The normalized spacial score (nSPS) is 25.9. The number of unbranched alkanes of at least 4 members (excludes halogenated alkanes) is 13. The lowest BCUT2D eigenvalue weighted by atomic mass is 10.0. The van der Waals surface area contributed by atoms with Crippen LogP contribution < -0.4 is 11.2 Å². The molecule has 0 unspecified atom stereocenters. The Balaban J connectivity index is 1.19. The molecule has 11 nitrogen and oxygen atoms in total. The molecular formula is C28H48FN2O9P. The molecule has 2 N–H and O–H groups in total. The van der Waals surface area contributed by atoms with Crippen LogP contribution in [0.4, 0.5) is 4.39 Å². The summed E-state index contributed by atoms with van der Waals surface area (Å²) in [6.07, 6.45) is 14.6. The third-order valence-corrected chi connectivity index (χ3v) is 8.95. The maximum Gasteiger partial charge on any atom is 0.475 e. The monoisotopic (exact) mass is 606 g/mol. The summed E-state index contributed by atoms with van der Waals surface area (Å²) < 4.78 is 54.4. The second kappa shape index (κ2) is 18.3. The number of H-pyrrole nitrogens is 1. The number of ether oxygens (including phenoxy) is 2. The predicted molar refractivity (Wildman–Crippen MR) is 151 cm³/mol. The van der Waals surface area contributed by atoms with Gasteiger partial charge in [0.2, 0.25) is 5.82 Å². The van der Waals surface area contributed by atoms with E-state index in [1.807, 2.05) is 0 Å². The molecule has 0 amide bonds. The van der Waals surface area contributed by atoms with Gasteiger partial charge >= 0.3 is 13.5 Å². The van der Waals surface area contributed by atoms with Gasteiger partial charge in [-0.15, -0.1) is 0 Å². The third-order valence-electron chi connectivity index (χ3n) is 7.48. The molecule has 2 aliphatic heterocycles. The zero-order valence-corrected chi connectivity index (χ0v) is 25.2. The number of phosphoric ester groups is 1. The van der Waals surface area contributed by atoms with Crippen LogP contribution in [0.15, 0.2) is 15.8 Å². The van der Waals surface area contributed by atoms with E-state index >= 15 is 0 Å². The standard InChI is InChI=1S/C28H48FN2O9P/c1-2-3-4-5-6-7-8-9-10-11-12-13-14-15-17-36-18-16-19-37-41(35)38-21-23-25(40-41)24(32)27(39-23)31-20-22(29)26(33)30-28(31)34/h20,23-25,27,32H,2-19,21H2,1H3,(H,30,33,34)/t23-,24-,25-,27-,41-/m1/s1. The van der Waals surface area contributed by atoms with E-state index in [9.17, 15) is 23.7 Å². The number of phosphoric acid groups is 1. The molecule has 0 aromatic carbocycles. The number of rotatable bonds is 21. The van der Waals surface area contributed by atoms with Crippen molar-refractivity contribution in [1.29, 1.82) is 0 Å². The van der Waals surface area contributed by atoms with Crippen molar-refractivity contribution >= 4 is 7.82 Å². The molecule has 2 aliphatic rings. The van der Waals surface area contributed by atoms with Crippen molar-refractivity contribution in [2.24, 2.45) is 0 Å². The molecular weight excluding hydrogens is 558 g/mol. The summed E-state index contributed by atoms with van der Waals surface area (Å²) in [6.45, 7) is 3.22. The van der Waals surface area contributed by atoms with Crippen molar-refractivity contribution < 1.29 is 37.1 Å². The van der Waals surface area contributed by atoms with E-state index in [-0.39, 0.29) is 13.2 Å². The molecule has 3 heterocycles. The number of nitrogens with zero attached hydrogens (tertiary/aromatic N) is 1. The lowest BCUT2D eigenvalue weighted by molar-refractivity contribution is -0.0729. The molecule has 13 heteroatoms. The van der Waals surface area contributed by atoms with Crippen LogP contribution in [0.1, 0.15) is 109 Å². The van der Waals surface area contributed by atoms with Crippen LogP contribution >= 0.6 is 7.82 Å². The first-order chi connectivity index (χ1) is 19.8. The summed E-state index contributed by atoms with van der Waals surface area (Å²) in [4.78, 5) is 25.1. The summed E-state index contributed by atoms with van der Waals surface area (Å²) in [5.74, 6) is -1.21. The van der Waals surface area contributed by atoms with Crippen LogP contribution in [0.5, 0.6) is 0 Å². The maximum absolute atomic E-state index is 13.7. The highest BCUT2D eigenvalue weighted by molar-refractivity contribution is 7.48. The Kier molecular flexibility index (Phi) is 15.2. The summed E-state index contributed by atoms with van der Waals surface area (Å²) >= 11 is 0. The molecule has 41 heavy (non-hydrogen) atoms. The van der Waals surface area contributed by atoms with Crippen LogP contribution in [-0.4, -0.2) is 59.4 Å². The quantitative estimate of drug-likeness (QED) is 0.140. The second-order valence-corrected chi connectivity index (χ2v) is 12.5. The number of halogens is 1. The van der Waals surface area contributed by atoms with Crippen LogP contribution in [0.2, 0.25) is 0 Å². The van der Waals surface area contributed by atoms with Gasteiger partial charge in [-0.05, 0) is 12.8 Å². The summed E-state index contributed by atoms with van der Waals surface area (Å²) in [5, 5.41) is 10.6. The van der Waals surface area contributed by atoms with Crippen molar-refractivity contribution in [3.63, 3.8) is 0 Å². The van der Waals surface area contributed by atoms with Gasteiger partial charge in [0, 0.05) is 13.2 Å². The molecule has 1 aromatic rings. The SMILES string of the molecule is CCCCCCCCCCCCCCCCOCCCO[P@]1(=O)OC[C@H]2O[C@@H](n3cc(F)c(=O)[nH]c3=O)[C@H](O)[C@@H]2O1. The number of nitrogens with one attached hydrogen (secondary N) is 1. The highest BCUT2D eigenvalue weighted by atomic mass is 31.2. The number of aromatic nitrogens is 2. The molecule has 236 valence electrons. The Morgan fingerprint density at radius 3 is 2.17 bits per heavy atom. The minimum Gasteiger partial charge on any atom is -0.386 e. The molecule has 0 aliphatic carbocycles. The minimum atomic E-state index is -3.98. The van der Waals surface area contributed by atoms with Crippen LogP contribution in [-0.2, 0) is 27.6 Å². The van der Waals surface area contributed by atoms with E-state index < -0.39 is 49.4 Å².